The maximum atomic E-state index is 6.26. The molecule has 0 saturated carbocycles. The van der Waals surface area contributed by atoms with Gasteiger partial charge < -0.3 is 5.32 Å². The van der Waals surface area contributed by atoms with E-state index in [0.717, 1.165) is 54.6 Å². The van der Waals surface area contributed by atoms with E-state index in [1.807, 2.05) is 29.8 Å². The molecule has 166 valence electrons. The number of nitrogens with one attached hydrogen (secondary N) is 1. The van der Waals surface area contributed by atoms with E-state index in [9.17, 15) is 0 Å². The Morgan fingerprint density at radius 1 is 1.12 bits per heavy atom. The molecule has 0 saturated heterocycles. The van der Waals surface area contributed by atoms with Crippen LogP contribution >= 0.6 is 11.6 Å². The van der Waals surface area contributed by atoms with Crippen molar-refractivity contribution in [3.05, 3.63) is 70.4 Å². The van der Waals surface area contributed by atoms with Crippen LogP contribution in [0.4, 0.5) is 5.69 Å². The average Bonchev–Trinajstić information content (AvgIpc) is 3.08. The molecular formula is C26H30ClN5. The molecule has 1 N–H and O–H groups in total. The summed E-state index contributed by atoms with van der Waals surface area (Å²) in [6.07, 6.45) is 4.42. The van der Waals surface area contributed by atoms with Crippen LogP contribution in [0.1, 0.15) is 49.6 Å². The molecule has 0 aliphatic carbocycles. The van der Waals surface area contributed by atoms with Crippen LogP contribution in [0.5, 0.6) is 0 Å². The Morgan fingerprint density at radius 3 is 2.75 bits per heavy atom. The molecule has 3 heterocycles. The summed E-state index contributed by atoms with van der Waals surface area (Å²) in [4.78, 5) is 2.52. The molecular weight excluding hydrogens is 418 g/mol. The number of aryl methyl sites for hydroxylation is 2. The molecule has 0 fully saturated rings. The molecule has 2 aliphatic rings. The molecule has 5 nitrogen and oxygen atoms in total. The van der Waals surface area contributed by atoms with Crippen molar-refractivity contribution in [2.45, 2.75) is 52.2 Å². The second-order valence-corrected chi connectivity index (χ2v) is 9.55. The molecule has 0 bridgehead atoms. The first-order chi connectivity index (χ1) is 15.5. The first kappa shape index (κ1) is 21.2. The lowest BCUT2D eigenvalue weighted by atomic mass is 9.90. The van der Waals surface area contributed by atoms with Gasteiger partial charge in [0.15, 0.2) is 0 Å². The Kier molecular flexibility index (Phi) is 5.78. The minimum Gasteiger partial charge on any atom is -0.378 e. The normalized spacial score (nSPS) is 18.7. The highest BCUT2D eigenvalue weighted by atomic mass is 35.5. The zero-order chi connectivity index (χ0) is 22.2. The molecule has 1 aromatic heterocycles. The molecule has 5 rings (SSSR count). The maximum absolute atomic E-state index is 6.26. The first-order valence-corrected chi connectivity index (χ1v) is 11.9. The van der Waals surface area contributed by atoms with Gasteiger partial charge in [0.1, 0.15) is 0 Å². The molecule has 0 spiro atoms. The molecule has 32 heavy (non-hydrogen) atoms. The van der Waals surface area contributed by atoms with Gasteiger partial charge in [-0.2, -0.15) is 0 Å². The monoisotopic (exact) mass is 447 g/mol. The van der Waals surface area contributed by atoms with Gasteiger partial charge in [-0.1, -0.05) is 41.1 Å². The third kappa shape index (κ3) is 4.07. The fraction of sp³-hybridized carbons (Fsp3) is 0.385. The topological polar surface area (TPSA) is 46.0 Å². The minimum atomic E-state index is 0.167. The highest BCUT2D eigenvalue weighted by Gasteiger charge is 2.26. The van der Waals surface area contributed by atoms with Gasteiger partial charge in [0.2, 0.25) is 0 Å². The van der Waals surface area contributed by atoms with Crippen LogP contribution in [0.25, 0.3) is 16.8 Å². The summed E-state index contributed by atoms with van der Waals surface area (Å²) in [5, 5.41) is 13.2. The quantitative estimate of drug-likeness (QED) is 0.535. The van der Waals surface area contributed by atoms with Crippen LogP contribution < -0.4 is 5.32 Å². The largest absolute Gasteiger partial charge is 0.378 e. The summed E-state index contributed by atoms with van der Waals surface area (Å²) >= 11 is 6.26. The van der Waals surface area contributed by atoms with E-state index < -0.39 is 0 Å². The van der Waals surface area contributed by atoms with Gasteiger partial charge in [-0.05, 0) is 74.6 Å². The Morgan fingerprint density at radius 2 is 2.00 bits per heavy atom. The van der Waals surface area contributed by atoms with Gasteiger partial charge >= 0.3 is 0 Å². The van der Waals surface area contributed by atoms with E-state index >= 15 is 0 Å². The minimum absolute atomic E-state index is 0.167. The van der Waals surface area contributed by atoms with Crippen molar-refractivity contribution >= 4 is 22.9 Å². The van der Waals surface area contributed by atoms with E-state index in [-0.39, 0.29) is 6.04 Å². The first-order valence-electron chi connectivity index (χ1n) is 11.5. The highest BCUT2D eigenvalue weighted by Crippen LogP contribution is 2.39. The highest BCUT2D eigenvalue weighted by molar-refractivity contribution is 6.30. The summed E-state index contributed by atoms with van der Waals surface area (Å²) in [7, 11) is 0. The Bertz CT molecular complexity index is 1160. The molecule has 0 amide bonds. The number of hydrogen-bond donors (Lipinski definition) is 1. The zero-order valence-corrected chi connectivity index (χ0v) is 19.7. The van der Waals surface area contributed by atoms with Crippen LogP contribution in [-0.2, 0) is 6.54 Å². The number of benzene rings is 2. The number of rotatable bonds is 4. The lowest BCUT2D eigenvalue weighted by Crippen LogP contribution is -2.34. The second kappa shape index (κ2) is 8.72. The van der Waals surface area contributed by atoms with E-state index in [0.29, 0.717) is 6.04 Å². The van der Waals surface area contributed by atoms with Gasteiger partial charge in [0.05, 0.1) is 17.4 Å². The molecule has 3 aromatic rings. The van der Waals surface area contributed by atoms with E-state index in [4.69, 9.17) is 11.6 Å². The van der Waals surface area contributed by atoms with Crippen LogP contribution in [0.3, 0.4) is 0 Å². The molecule has 1 atom stereocenters. The average molecular weight is 448 g/mol. The van der Waals surface area contributed by atoms with E-state index in [2.05, 4.69) is 64.7 Å². The lowest BCUT2D eigenvalue weighted by Gasteiger charge is -2.30. The summed E-state index contributed by atoms with van der Waals surface area (Å²) in [5.41, 5.74) is 8.44. The number of nitrogens with zero attached hydrogens (tertiary/aromatic N) is 4. The van der Waals surface area contributed by atoms with Crippen LogP contribution in [0.15, 0.2) is 48.5 Å². The van der Waals surface area contributed by atoms with Crippen molar-refractivity contribution in [2.24, 2.45) is 0 Å². The third-order valence-electron chi connectivity index (χ3n) is 6.72. The molecule has 2 aromatic carbocycles. The number of fused-ring (bicyclic) bond motifs is 3. The Labute approximate surface area is 195 Å². The number of halogens is 1. The fourth-order valence-electron chi connectivity index (χ4n) is 4.91. The molecule has 6 heteroatoms. The Balaban J connectivity index is 1.55. The van der Waals surface area contributed by atoms with Gasteiger partial charge in [0, 0.05) is 41.9 Å². The van der Waals surface area contributed by atoms with Crippen LogP contribution in [0, 0.1) is 6.92 Å². The smallest absolute Gasteiger partial charge is 0.0918 e. The van der Waals surface area contributed by atoms with Gasteiger partial charge in [-0.3, -0.25) is 4.90 Å². The maximum Gasteiger partial charge on any atom is 0.0918 e. The number of hydrogen-bond acceptors (Lipinski definition) is 4. The summed E-state index contributed by atoms with van der Waals surface area (Å²) in [6, 6.07) is 15.6. The SMILES string of the molecule is Cc1nnn2c1-c1ccc(C3=CCN(C(C)C)CC3)cc1[C@H](Nc1cccc(Cl)c1)CC2. The van der Waals surface area contributed by atoms with E-state index in [1.54, 1.807) is 0 Å². The van der Waals surface area contributed by atoms with E-state index in [1.165, 1.54) is 22.3 Å². The van der Waals surface area contributed by atoms with Gasteiger partial charge in [0.25, 0.3) is 0 Å². The van der Waals surface area contributed by atoms with Crippen molar-refractivity contribution < 1.29 is 0 Å². The van der Waals surface area contributed by atoms with Gasteiger partial charge in [-0.15, -0.1) is 5.10 Å². The summed E-state index contributed by atoms with van der Waals surface area (Å²) in [6.45, 7) is 9.54. The van der Waals surface area contributed by atoms with Crippen molar-refractivity contribution in [1.29, 1.82) is 0 Å². The van der Waals surface area contributed by atoms with Crippen molar-refractivity contribution in [3.8, 4) is 11.3 Å². The molecule has 0 unspecified atom stereocenters. The predicted molar refractivity (Wildman–Crippen MR) is 132 cm³/mol. The van der Waals surface area contributed by atoms with Crippen LogP contribution in [-0.4, -0.2) is 39.0 Å². The van der Waals surface area contributed by atoms with Crippen molar-refractivity contribution in [1.82, 2.24) is 19.9 Å². The second-order valence-electron chi connectivity index (χ2n) is 9.11. The third-order valence-corrected chi connectivity index (χ3v) is 6.96. The number of anilines is 1. The molecule has 2 aliphatic heterocycles. The molecule has 0 radical (unpaired) electrons. The Hall–Kier alpha value is -2.63. The standard InChI is InChI=1S/C26H30ClN5/c1-17(2)31-12-9-19(10-13-31)20-7-8-23-24(15-20)25(28-22-6-4-5-21(27)16-22)11-14-32-26(23)18(3)29-30-32/h4-9,15-17,25,28H,10-14H2,1-3H3/t25-/m1/s1. The summed E-state index contributed by atoms with van der Waals surface area (Å²) in [5.74, 6) is 0. The van der Waals surface area contributed by atoms with Crippen LogP contribution in [0.2, 0.25) is 5.02 Å². The summed E-state index contributed by atoms with van der Waals surface area (Å²) < 4.78 is 2.05. The fourth-order valence-corrected chi connectivity index (χ4v) is 5.10. The lowest BCUT2D eigenvalue weighted by molar-refractivity contribution is 0.245. The predicted octanol–water partition coefficient (Wildman–Crippen LogP) is 5.96. The van der Waals surface area contributed by atoms with Crippen molar-refractivity contribution in [2.75, 3.05) is 18.4 Å². The van der Waals surface area contributed by atoms with Crippen molar-refractivity contribution in [3.63, 3.8) is 0 Å². The zero-order valence-electron chi connectivity index (χ0n) is 19.0. The number of aromatic nitrogens is 3. The van der Waals surface area contributed by atoms with Gasteiger partial charge in [-0.25, -0.2) is 4.68 Å².